The van der Waals surface area contributed by atoms with Gasteiger partial charge in [-0.25, -0.2) is 17.8 Å². The van der Waals surface area contributed by atoms with Crippen LogP contribution in [0.1, 0.15) is 61.5 Å². The number of hydrogen-bond acceptors (Lipinski definition) is 4. The molecule has 0 atom stereocenters. The summed E-state index contributed by atoms with van der Waals surface area (Å²) in [5.41, 5.74) is 4.84. The lowest BCUT2D eigenvalue weighted by molar-refractivity contribution is 0.220. The largest absolute Gasteiger partial charge is 0.322 e. The van der Waals surface area contributed by atoms with Gasteiger partial charge in [0.1, 0.15) is 11.6 Å². The Morgan fingerprint density at radius 2 is 1.62 bits per heavy atom. The Kier molecular flexibility index (Phi) is 8.98. The average Bonchev–Trinajstić information content (AvgIpc) is 3.30. The highest BCUT2D eigenvalue weighted by molar-refractivity contribution is 7.89. The van der Waals surface area contributed by atoms with E-state index in [9.17, 15) is 12.8 Å². The van der Waals surface area contributed by atoms with Gasteiger partial charge in [-0.05, 0) is 80.2 Å². The van der Waals surface area contributed by atoms with Gasteiger partial charge in [-0.15, -0.1) is 0 Å². The van der Waals surface area contributed by atoms with Crippen molar-refractivity contribution < 1.29 is 12.8 Å². The highest BCUT2D eigenvalue weighted by Gasteiger charge is 2.28. The van der Waals surface area contributed by atoms with Gasteiger partial charge in [-0.1, -0.05) is 62.2 Å². The molecule has 0 unspecified atom stereocenters. The highest BCUT2D eigenvalue weighted by atomic mass is 32.2. The summed E-state index contributed by atoms with van der Waals surface area (Å²) in [5.74, 6) is 0.125. The van der Waals surface area contributed by atoms with E-state index in [4.69, 9.17) is 4.98 Å². The maximum Gasteiger partial charge on any atom is 0.243 e. The molecule has 40 heavy (non-hydrogen) atoms. The van der Waals surface area contributed by atoms with E-state index in [0.29, 0.717) is 30.9 Å². The van der Waals surface area contributed by atoms with Crippen LogP contribution in [0.5, 0.6) is 0 Å². The summed E-state index contributed by atoms with van der Waals surface area (Å²) in [6, 6.07) is 20.4. The van der Waals surface area contributed by atoms with Crippen LogP contribution in [0.3, 0.4) is 0 Å². The number of piperidine rings is 1. The Bertz CT molecular complexity index is 1560. The molecule has 1 aliphatic rings. The number of halogens is 1. The predicted octanol–water partition coefficient (Wildman–Crippen LogP) is 6.51. The first-order chi connectivity index (χ1) is 19.4. The van der Waals surface area contributed by atoms with Crippen molar-refractivity contribution >= 4 is 21.1 Å². The van der Waals surface area contributed by atoms with E-state index in [-0.39, 0.29) is 11.4 Å². The number of aromatic nitrogens is 2. The van der Waals surface area contributed by atoms with Gasteiger partial charge in [-0.3, -0.25) is 4.90 Å². The zero-order valence-corrected chi connectivity index (χ0v) is 24.3. The Balaban J connectivity index is 1.52. The zero-order valence-electron chi connectivity index (χ0n) is 23.5. The summed E-state index contributed by atoms with van der Waals surface area (Å²) >= 11 is 0. The molecule has 4 aromatic rings. The number of sulfonamides is 1. The number of likely N-dealkylation sites (tertiary alicyclic amines) is 1. The average molecular weight is 563 g/mol. The van der Waals surface area contributed by atoms with Crippen molar-refractivity contribution in [1.29, 1.82) is 0 Å². The van der Waals surface area contributed by atoms with Crippen LogP contribution in [-0.4, -0.2) is 46.8 Å². The van der Waals surface area contributed by atoms with Gasteiger partial charge in [0.05, 0.1) is 22.5 Å². The van der Waals surface area contributed by atoms with Crippen LogP contribution in [0, 0.1) is 12.7 Å². The summed E-state index contributed by atoms with van der Waals surface area (Å²) in [5, 5.41) is 0. The van der Waals surface area contributed by atoms with E-state index >= 15 is 0 Å². The van der Waals surface area contributed by atoms with E-state index in [1.165, 1.54) is 46.8 Å². The molecule has 6 nitrogen and oxygen atoms in total. The smallest absolute Gasteiger partial charge is 0.243 e. The molecule has 0 N–H and O–H groups in total. The maximum atomic E-state index is 14.2. The quantitative estimate of drug-likeness (QED) is 0.209. The van der Waals surface area contributed by atoms with Crippen molar-refractivity contribution in [2.24, 2.45) is 0 Å². The number of fused-ring (bicyclic) bond motifs is 1. The fourth-order valence-electron chi connectivity index (χ4n) is 5.58. The minimum Gasteiger partial charge on any atom is -0.322 e. The third-order valence-corrected chi connectivity index (χ3v) is 9.86. The van der Waals surface area contributed by atoms with E-state index < -0.39 is 15.8 Å². The normalized spacial score (nSPS) is 14.8. The Labute approximate surface area is 237 Å². The molecule has 1 aromatic heterocycles. The van der Waals surface area contributed by atoms with Crippen LogP contribution in [-0.2, 0) is 29.7 Å². The summed E-state index contributed by atoms with van der Waals surface area (Å²) in [4.78, 5) is 7.46. The van der Waals surface area contributed by atoms with Gasteiger partial charge in [0.15, 0.2) is 0 Å². The third kappa shape index (κ3) is 6.29. The molecule has 3 aromatic carbocycles. The van der Waals surface area contributed by atoms with E-state index in [1.54, 1.807) is 6.92 Å². The second kappa shape index (κ2) is 12.6. The fraction of sp³-hybridized carbons (Fsp3) is 0.406. The maximum absolute atomic E-state index is 14.2. The molecule has 5 rings (SSSR count). The van der Waals surface area contributed by atoms with Gasteiger partial charge in [0.25, 0.3) is 0 Å². The lowest BCUT2D eigenvalue weighted by Crippen LogP contribution is -2.33. The van der Waals surface area contributed by atoms with Gasteiger partial charge >= 0.3 is 0 Å². The number of unbranched alkanes of at least 4 members (excludes halogenated alkanes) is 1. The SMILES string of the molecule is CCCCN(Cc1nc2ccccc2n1Cc1ccccc1CN1CCCCC1)S(=O)(=O)c1cc(F)ccc1C. The topological polar surface area (TPSA) is 58.4 Å². The Morgan fingerprint density at radius 1 is 0.925 bits per heavy atom. The van der Waals surface area contributed by atoms with E-state index in [0.717, 1.165) is 43.2 Å². The lowest BCUT2D eigenvalue weighted by Gasteiger charge is -2.27. The van der Waals surface area contributed by atoms with Crippen molar-refractivity contribution in [2.75, 3.05) is 19.6 Å². The molecule has 0 amide bonds. The van der Waals surface area contributed by atoms with E-state index in [2.05, 4.69) is 33.7 Å². The summed E-state index contributed by atoms with van der Waals surface area (Å²) < 4.78 is 45.6. The second-order valence-corrected chi connectivity index (χ2v) is 12.7. The van der Waals surface area contributed by atoms with Gasteiger partial charge in [0, 0.05) is 19.6 Å². The number of aryl methyl sites for hydroxylation is 1. The van der Waals surface area contributed by atoms with Gasteiger partial charge in [-0.2, -0.15) is 4.31 Å². The molecule has 2 heterocycles. The highest BCUT2D eigenvalue weighted by Crippen LogP contribution is 2.26. The van der Waals surface area contributed by atoms with Crippen molar-refractivity contribution in [3.8, 4) is 0 Å². The first-order valence-electron chi connectivity index (χ1n) is 14.4. The second-order valence-electron chi connectivity index (χ2n) is 10.8. The molecular weight excluding hydrogens is 523 g/mol. The van der Waals surface area contributed by atoms with Crippen LogP contribution < -0.4 is 0 Å². The number of imidazole rings is 1. The Morgan fingerprint density at radius 3 is 2.38 bits per heavy atom. The summed E-state index contributed by atoms with van der Waals surface area (Å²) in [6.45, 7) is 7.94. The van der Waals surface area contributed by atoms with Crippen LogP contribution in [0.2, 0.25) is 0 Å². The minimum absolute atomic E-state index is 0.0122. The molecule has 0 aliphatic carbocycles. The first-order valence-corrected chi connectivity index (χ1v) is 15.8. The van der Waals surface area contributed by atoms with Crippen molar-refractivity contribution in [1.82, 2.24) is 18.8 Å². The molecule has 8 heteroatoms. The fourth-order valence-corrected chi connectivity index (χ4v) is 7.25. The summed E-state index contributed by atoms with van der Waals surface area (Å²) in [6.07, 6.45) is 5.33. The molecule has 0 saturated carbocycles. The molecule has 1 aliphatic heterocycles. The molecule has 0 bridgehead atoms. The van der Waals surface area contributed by atoms with Crippen molar-refractivity contribution in [2.45, 2.75) is 70.5 Å². The molecule has 1 fully saturated rings. The lowest BCUT2D eigenvalue weighted by atomic mass is 10.0. The monoisotopic (exact) mass is 562 g/mol. The number of rotatable bonds is 11. The van der Waals surface area contributed by atoms with Crippen molar-refractivity contribution in [3.05, 3.63) is 95.1 Å². The molecule has 212 valence electrons. The number of nitrogens with zero attached hydrogens (tertiary/aromatic N) is 4. The number of hydrogen-bond donors (Lipinski definition) is 0. The van der Waals surface area contributed by atoms with Crippen LogP contribution in [0.15, 0.2) is 71.6 Å². The van der Waals surface area contributed by atoms with Gasteiger partial charge in [0.2, 0.25) is 10.0 Å². The number of benzene rings is 3. The standard InChI is InChI=1S/C32H39FN4O2S/c1-3-4-20-36(40(38,39)31-21-28(33)17-16-25(31)2)24-32-34-29-14-8-9-15-30(29)37(32)23-27-13-7-6-12-26(27)22-35-18-10-5-11-19-35/h6-9,12-17,21H,3-5,10-11,18-20,22-24H2,1-2H3. The molecular formula is C32H39FN4O2S. The van der Waals surface area contributed by atoms with Crippen molar-refractivity contribution in [3.63, 3.8) is 0 Å². The van der Waals surface area contributed by atoms with Crippen LogP contribution in [0.25, 0.3) is 11.0 Å². The van der Waals surface area contributed by atoms with Crippen LogP contribution in [0.4, 0.5) is 4.39 Å². The summed E-state index contributed by atoms with van der Waals surface area (Å²) in [7, 11) is -3.95. The third-order valence-electron chi connectivity index (χ3n) is 7.87. The molecule has 0 spiro atoms. The minimum atomic E-state index is -3.95. The van der Waals surface area contributed by atoms with Crippen LogP contribution >= 0.6 is 0 Å². The van der Waals surface area contributed by atoms with Gasteiger partial charge < -0.3 is 4.57 Å². The zero-order chi connectivity index (χ0) is 28.1. The van der Waals surface area contributed by atoms with E-state index in [1.807, 2.05) is 31.2 Å². The predicted molar refractivity (Wildman–Crippen MR) is 158 cm³/mol. The first kappa shape index (κ1) is 28.5. The number of para-hydroxylation sites is 2. The molecule has 0 radical (unpaired) electrons. The Hall–Kier alpha value is -3.07. The molecule has 1 saturated heterocycles.